The van der Waals surface area contributed by atoms with Crippen LogP contribution in [0.2, 0.25) is 0 Å². The van der Waals surface area contributed by atoms with Gasteiger partial charge in [0.2, 0.25) is 0 Å². The Morgan fingerprint density at radius 1 is 1.00 bits per heavy atom. The molecular weight excluding hydrogens is 356 g/mol. The van der Waals surface area contributed by atoms with E-state index in [1.54, 1.807) is 5.32 Å². The van der Waals surface area contributed by atoms with Crippen LogP contribution in [0.5, 0.6) is 0 Å². The molecule has 5 nitrogen and oxygen atoms in total. The largest absolute Gasteiger partial charge is 0.418 e. The van der Waals surface area contributed by atoms with E-state index in [1.807, 2.05) is 0 Å². The number of alkyl halides is 6. The minimum Gasteiger partial charge on any atom is -0.342 e. The molecule has 0 saturated carbocycles. The van der Waals surface area contributed by atoms with Crippen LogP contribution in [0.4, 0.5) is 32.0 Å². The number of para-hydroxylation sites is 1. The molecule has 0 saturated heterocycles. The molecule has 2 amide bonds. The number of carbonyl (C=O) groups excluding carboxylic acids is 2. The fraction of sp³-hybridized carbons (Fsp3) is 0.429. The zero-order valence-electron chi connectivity index (χ0n) is 13.0. The van der Waals surface area contributed by atoms with Crippen LogP contribution in [0.3, 0.4) is 0 Å². The molecule has 0 aromatic heterocycles. The molecule has 140 valence electrons. The van der Waals surface area contributed by atoms with Crippen LogP contribution in [-0.2, 0) is 15.8 Å². The van der Waals surface area contributed by atoms with Crippen molar-refractivity contribution < 1.29 is 40.8 Å². The highest BCUT2D eigenvalue weighted by atomic mass is 19.4. The van der Waals surface area contributed by atoms with Crippen LogP contribution < -0.4 is 15.5 Å². The number of benzene rings is 1. The summed E-state index contributed by atoms with van der Waals surface area (Å²) in [5.74, 6) is -1.74. The summed E-state index contributed by atoms with van der Waals surface area (Å²) in [7, 11) is 1.35. The summed E-state index contributed by atoms with van der Waals surface area (Å²) in [4.78, 5) is 23.3. The van der Waals surface area contributed by atoms with Crippen LogP contribution in [0, 0.1) is 0 Å². The van der Waals surface area contributed by atoms with Crippen molar-refractivity contribution in [1.82, 2.24) is 5.32 Å². The molecule has 1 aromatic carbocycles. The van der Waals surface area contributed by atoms with E-state index < -0.39 is 55.1 Å². The van der Waals surface area contributed by atoms with Gasteiger partial charge in [-0.1, -0.05) is 12.1 Å². The van der Waals surface area contributed by atoms with Gasteiger partial charge >= 0.3 is 12.4 Å². The Bertz CT molecular complexity index is 615. The summed E-state index contributed by atoms with van der Waals surface area (Å²) in [5.41, 5.74) is -1.46. The molecule has 1 atom stereocenters. The van der Waals surface area contributed by atoms with Gasteiger partial charge in [0.25, 0.3) is 11.8 Å². The number of likely N-dealkylation sites (N-methyl/N-ethyl adjacent to an activating group) is 1. The second kappa shape index (κ2) is 8.19. The monoisotopic (exact) mass is 372 g/mol. The third-order valence-corrected chi connectivity index (χ3v) is 2.92. The smallest absolute Gasteiger partial charge is 0.342 e. The molecule has 0 radical (unpaired) electrons. The van der Waals surface area contributed by atoms with Gasteiger partial charge in [0.15, 0.2) is 13.1 Å². The van der Waals surface area contributed by atoms with Gasteiger partial charge in [-0.2, -0.15) is 26.3 Å². The predicted octanol–water partition coefficient (Wildman–Crippen LogP) is 0.837. The molecule has 1 unspecified atom stereocenters. The highest BCUT2D eigenvalue weighted by Gasteiger charge is 2.33. The Labute approximate surface area is 139 Å². The number of quaternary nitrogens is 1. The SMILES string of the molecule is C[NH+](CC(=O)NCC(F)(F)F)CC(=O)Nc1ccccc1C(F)(F)F. The molecule has 0 spiro atoms. The van der Waals surface area contributed by atoms with Gasteiger partial charge in [0.05, 0.1) is 18.3 Å². The summed E-state index contributed by atoms with van der Waals surface area (Å²) < 4.78 is 74.3. The molecule has 0 fully saturated rings. The summed E-state index contributed by atoms with van der Waals surface area (Å²) in [5, 5.41) is 3.73. The van der Waals surface area contributed by atoms with E-state index >= 15 is 0 Å². The van der Waals surface area contributed by atoms with Crippen molar-refractivity contribution in [1.29, 1.82) is 0 Å². The first-order valence-corrected chi connectivity index (χ1v) is 6.99. The van der Waals surface area contributed by atoms with E-state index in [9.17, 15) is 35.9 Å². The van der Waals surface area contributed by atoms with Gasteiger partial charge in [0.1, 0.15) is 6.54 Å². The van der Waals surface area contributed by atoms with Crippen molar-refractivity contribution in [3.05, 3.63) is 29.8 Å². The zero-order chi connectivity index (χ0) is 19.3. The van der Waals surface area contributed by atoms with Crippen molar-refractivity contribution in [3.63, 3.8) is 0 Å². The number of halogens is 6. The molecule has 0 aliphatic carbocycles. The molecule has 0 bridgehead atoms. The predicted molar refractivity (Wildman–Crippen MR) is 75.8 cm³/mol. The van der Waals surface area contributed by atoms with Gasteiger partial charge < -0.3 is 15.5 Å². The van der Waals surface area contributed by atoms with Crippen LogP contribution in [0.25, 0.3) is 0 Å². The Balaban J connectivity index is 2.56. The van der Waals surface area contributed by atoms with E-state index in [-0.39, 0.29) is 4.90 Å². The van der Waals surface area contributed by atoms with Crippen LogP contribution in [0.1, 0.15) is 5.56 Å². The van der Waals surface area contributed by atoms with Crippen LogP contribution in [-0.4, -0.2) is 44.7 Å². The first kappa shape index (κ1) is 20.7. The van der Waals surface area contributed by atoms with E-state index in [0.717, 1.165) is 12.1 Å². The molecule has 11 heteroatoms. The number of rotatable bonds is 6. The number of amides is 2. The van der Waals surface area contributed by atoms with Crippen LogP contribution in [0.15, 0.2) is 24.3 Å². The minimum absolute atomic E-state index is 0.210. The Hall–Kier alpha value is -2.30. The number of carbonyl (C=O) groups is 2. The molecule has 0 heterocycles. The van der Waals surface area contributed by atoms with Crippen molar-refractivity contribution in [2.45, 2.75) is 12.4 Å². The Kier molecular flexibility index (Phi) is 6.79. The third-order valence-electron chi connectivity index (χ3n) is 2.92. The average molecular weight is 372 g/mol. The second-order valence-corrected chi connectivity index (χ2v) is 5.29. The maximum Gasteiger partial charge on any atom is 0.418 e. The fourth-order valence-corrected chi connectivity index (χ4v) is 1.91. The number of hydrogen-bond acceptors (Lipinski definition) is 2. The molecule has 1 rings (SSSR count). The normalized spacial score (nSPS) is 13.2. The summed E-state index contributed by atoms with van der Waals surface area (Å²) in [6, 6.07) is 4.36. The molecule has 25 heavy (non-hydrogen) atoms. The highest BCUT2D eigenvalue weighted by molar-refractivity contribution is 5.92. The molecule has 1 aromatic rings. The fourth-order valence-electron chi connectivity index (χ4n) is 1.91. The van der Waals surface area contributed by atoms with E-state index in [0.29, 0.717) is 0 Å². The topological polar surface area (TPSA) is 62.6 Å². The van der Waals surface area contributed by atoms with E-state index in [2.05, 4.69) is 5.32 Å². The number of hydrogen-bond donors (Lipinski definition) is 3. The van der Waals surface area contributed by atoms with Gasteiger partial charge in [-0.3, -0.25) is 9.59 Å². The maximum absolute atomic E-state index is 12.8. The van der Waals surface area contributed by atoms with Crippen molar-refractivity contribution in [3.8, 4) is 0 Å². The van der Waals surface area contributed by atoms with Gasteiger partial charge in [-0.05, 0) is 12.1 Å². The number of nitrogens with one attached hydrogen (secondary N) is 3. The van der Waals surface area contributed by atoms with Crippen molar-refractivity contribution >= 4 is 17.5 Å². The molecule has 0 aliphatic rings. The van der Waals surface area contributed by atoms with Gasteiger partial charge in [0, 0.05) is 0 Å². The van der Waals surface area contributed by atoms with Crippen molar-refractivity contribution in [2.75, 3.05) is 32.0 Å². The lowest BCUT2D eigenvalue weighted by Crippen LogP contribution is -3.11. The van der Waals surface area contributed by atoms with Crippen LogP contribution >= 0.6 is 0 Å². The average Bonchev–Trinajstić information content (AvgIpc) is 2.43. The summed E-state index contributed by atoms with van der Waals surface area (Å²) >= 11 is 0. The zero-order valence-corrected chi connectivity index (χ0v) is 13.0. The molecule has 0 aliphatic heterocycles. The van der Waals surface area contributed by atoms with Gasteiger partial charge in [-0.25, -0.2) is 0 Å². The Morgan fingerprint density at radius 2 is 1.56 bits per heavy atom. The number of anilines is 1. The lowest BCUT2D eigenvalue weighted by molar-refractivity contribution is -0.862. The quantitative estimate of drug-likeness (QED) is 0.648. The second-order valence-electron chi connectivity index (χ2n) is 5.29. The van der Waals surface area contributed by atoms with Crippen molar-refractivity contribution in [2.24, 2.45) is 0 Å². The lowest BCUT2D eigenvalue weighted by Gasteiger charge is -2.16. The van der Waals surface area contributed by atoms with E-state index in [4.69, 9.17) is 0 Å². The summed E-state index contributed by atoms with van der Waals surface area (Å²) in [6.45, 7) is -2.33. The van der Waals surface area contributed by atoms with E-state index in [1.165, 1.54) is 19.2 Å². The highest BCUT2D eigenvalue weighted by Crippen LogP contribution is 2.34. The standard InChI is InChI=1S/C14H15F6N3O2/c1-23(6-11(24)21-8-13(15,16)17)7-12(25)22-10-5-3-2-4-9(10)14(18,19)20/h2-5H,6-8H2,1H3,(H,21,24)(H,22,25)/p+1. The maximum atomic E-state index is 12.8. The molecular formula is C14H16F6N3O2+. The first-order valence-electron chi connectivity index (χ1n) is 6.99. The first-order chi connectivity index (χ1) is 11.4. The molecule has 3 N–H and O–H groups in total. The van der Waals surface area contributed by atoms with Gasteiger partial charge in [-0.15, -0.1) is 0 Å². The summed E-state index contributed by atoms with van der Waals surface area (Å²) in [6.07, 6.45) is -9.21. The Morgan fingerprint density at radius 3 is 2.12 bits per heavy atom. The minimum atomic E-state index is -4.65. The lowest BCUT2D eigenvalue weighted by atomic mass is 10.1. The third kappa shape index (κ3) is 7.88.